The van der Waals surface area contributed by atoms with Gasteiger partial charge in [-0.05, 0) is 31.2 Å². The summed E-state index contributed by atoms with van der Waals surface area (Å²) in [5.41, 5.74) is 1.43. The first kappa shape index (κ1) is 16.5. The van der Waals surface area contributed by atoms with Gasteiger partial charge in [0.25, 0.3) is 5.91 Å². The van der Waals surface area contributed by atoms with Gasteiger partial charge in [-0.2, -0.15) is 0 Å². The van der Waals surface area contributed by atoms with Crippen LogP contribution in [0.5, 0.6) is 0 Å². The van der Waals surface area contributed by atoms with E-state index >= 15 is 0 Å². The van der Waals surface area contributed by atoms with Crippen molar-refractivity contribution in [3.05, 3.63) is 35.4 Å². The van der Waals surface area contributed by atoms with Crippen LogP contribution in [0.3, 0.4) is 0 Å². The zero-order valence-electron chi connectivity index (χ0n) is 14.1. The van der Waals surface area contributed by atoms with Gasteiger partial charge in [0.15, 0.2) is 0 Å². The number of nitrogens with zero attached hydrogens (tertiary/aromatic N) is 1. The molecular formula is C18H23N3O3. The molecule has 2 atom stereocenters. The number of aryl methyl sites for hydroxylation is 1. The predicted molar refractivity (Wildman–Crippen MR) is 89.4 cm³/mol. The number of likely N-dealkylation sites (tertiary alicyclic amines) is 1. The number of carbonyl (C=O) groups is 3. The monoisotopic (exact) mass is 329 g/mol. The Balaban J connectivity index is 1.65. The number of urea groups is 1. The minimum absolute atomic E-state index is 0.0354. The second-order valence-electron chi connectivity index (χ2n) is 6.78. The molecule has 1 spiro atoms. The van der Waals surface area contributed by atoms with Crippen molar-refractivity contribution in [1.29, 1.82) is 0 Å². The van der Waals surface area contributed by atoms with Gasteiger partial charge in [-0.25, -0.2) is 4.79 Å². The molecule has 2 unspecified atom stereocenters. The number of carbonyl (C=O) groups excluding carboxylic acids is 3. The fourth-order valence-corrected chi connectivity index (χ4v) is 3.51. The van der Waals surface area contributed by atoms with Gasteiger partial charge >= 0.3 is 6.03 Å². The molecule has 2 heterocycles. The van der Waals surface area contributed by atoms with Gasteiger partial charge in [0.2, 0.25) is 5.91 Å². The molecule has 24 heavy (non-hydrogen) atoms. The summed E-state index contributed by atoms with van der Waals surface area (Å²) in [6.45, 7) is 4.87. The van der Waals surface area contributed by atoms with Crippen molar-refractivity contribution in [2.75, 3.05) is 13.1 Å². The van der Waals surface area contributed by atoms with Crippen molar-refractivity contribution in [3.8, 4) is 0 Å². The molecule has 2 fully saturated rings. The number of hydrogen-bond acceptors (Lipinski definition) is 3. The van der Waals surface area contributed by atoms with E-state index in [0.29, 0.717) is 19.4 Å². The third kappa shape index (κ3) is 3.00. The highest BCUT2D eigenvalue weighted by molar-refractivity contribution is 6.07. The van der Waals surface area contributed by atoms with E-state index in [0.717, 1.165) is 12.0 Å². The van der Waals surface area contributed by atoms with Crippen molar-refractivity contribution >= 4 is 17.8 Å². The second-order valence-corrected chi connectivity index (χ2v) is 6.78. The Morgan fingerprint density at radius 3 is 2.58 bits per heavy atom. The molecule has 6 nitrogen and oxygen atoms in total. The lowest BCUT2D eigenvalue weighted by molar-refractivity contribution is -0.131. The molecule has 0 aromatic heterocycles. The van der Waals surface area contributed by atoms with Crippen LogP contribution >= 0.6 is 0 Å². The molecule has 2 N–H and O–H groups in total. The van der Waals surface area contributed by atoms with E-state index in [4.69, 9.17) is 0 Å². The molecule has 0 radical (unpaired) electrons. The summed E-state index contributed by atoms with van der Waals surface area (Å²) in [7, 11) is 0. The first-order chi connectivity index (χ1) is 11.4. The topological polar surface area (TPSA) is 78.5 Å². The average Bonchev–Trinajstić information content (AvgIpc) is 3.10. The van der Waals surface area contributed by atoms with Crippen molar-refractivity contribution < 1.29 is 14.4 Å². The Kier molecular flexibility index (Phi) is 4.30. The van der Waals surface area contributed by atoms with E-state index < -0.39 is 11.6 Å². The Morgan fingerprint density at radius 2 is 2.00 bits per heavy atom. The van der Waals surface area contributed by atoms with Gasteiger partial charge in [0.05, 0.1) is 6.54 Å². The van der Waals surface area contributed by atoms with Crippen LogP contribution in [-0.4, -0.2) is 41.4 Å². The lowest BCUT2D eigenvalue weighted by atomic mass is 9.92. The minimum Gasteiger partial charge on any atom is -0.340 e. The largest absolute Gasteiger partial charge is 0.340 e. The molecule has 4 amide bonds. The van der Waals surface area contributed by atoms with Crippen LogP contribution in [0.1, 0.15) is 43.2 Å². The van der Waals surface area contributed by atoms with Gasteiger partial charge < -0.3 is 10.2 Å². The normalized spacial score (nSPS) is 24.2. The Morgan fingerprint density at radius 1 is 1.29 bits per heavy atom. The Bertz CT molecular complexity index is 671. The molecule has 128 valence electrons. The summed E-state index contributed by atoms with van der Waals surface area (Å²) >= 11 is 0. The molecule has 2 aliphatic heterocycles. The van der Waals surface area contributed by atoms with Crippen LogP contribution in [0.25, 0.3) is 0 Å². The molecular weight excluding hydrogens is 306 g/mol. The maximum Gasteiger partial charge on any atom is 0.322 e. The quantitative estimate of drug-likeness (QED) is 0.825. The van der Waals surface area contributed by atoms with Crippen LogP contribution in [-0.2, 0) is 9.59 Å². The number of nitrogens with one attached hydrogen (secondary N) is 2. The van der Waals surface area contributed by atoms with E-state index in [9.17, 15) is 14.4 Å². The first-order valence-electron chi connectivity index (χ1n) is 8.41. The molecule has 1 aromatic carbocycles. The van der Waals surface area contributed by atoms with Gasteiger partial charge in [-0.3, -0.25) is 14.9 Å². The van der Waals surface area contributed by atoms with Crippen molar-refractivity contribution in [3.63, 3.8) is 0 Å². The molecule has 0 saturated carbocycles. The Hall–Kier alpha value is -2.37. The maximum atomic E-state index is 12.7. The lowest BCUT2D eigenvalue weighted by Crippen LogP contribution is -2.49. The molecule has 0 bridgehead atoms. The van der Waals surface area contributed by atoms with E-state index in [1.54, 1.807) is 4.90 Å². The third-order valence-electron chi connectivity index (χ3n) is 5.10. The van der Waals surface area contributed by atoms with Crippen LogP contribution in [0.4, 0.5) is 4.79 Å². The summed E-state index contributed by atoms with van der Waals surface area (Å²) in [4.78, 5) is 37.7. The van der Waals surface area contributed by atoms with Crippen molar-refractivity contribution in [1.82, 2.24) is 15.5 Å². The molecule has 6 heteroatoms. The summed E-state index contributed by atoms with van der Waals surface area (Å²) in [5.74, 6) is -0.122. The fraction of sp³-hybridized carbons (Fsp3) is 0.500. The highest BCUT2D eigenvalue weighted by Gasteiger charge is 2.51. The molecule has 0 aliphatic carbocycles. The number of benzene rings is 1. The summed E-state index contributed by atoms with van der Waals surface area (Å²) in [6.07, 6.45) is 1.77. The number of imide groups is 1. The number of amides is 4. The molecule has 2 aliphatic rings. The van der Waals surface area contributed by atoms with E-state index in [-0.39, 0.29) is 24.3 Å². The van der Waals surface area contributed by atoms with Gasteiger partial charge in [-0.15, -0.1) is 0 Å². The van der Waals surface area contributed by atoms with Gasteiger partial charge in [0.1, 0.15) is 5.54 Å². The molecule has 2 saturated heterocycles. The standard InChI is InChI=1S/C18H23N3O3/c1-3-13(14-6-4-12(2)5-7-14)10-15(22)21-9-8-18(11-21)16(23)19-17(24)20-18/h4-7,13H,3,8-11H2,1-2H3,(H2,19,20,23,24). The van der Waals surface area contributed by atoms with Gasteiger partial charge in [0, 0.05) is 13.0 Å². The highest BCUT2D eigenvalue weighted by Crippen LogP contribution is 2.29. The van der Waals surface area contributed by atoms with Crippen molar-refractivity contribution in [2.24, 2.45) is 0 Å². The summed E-state index contributed by atoms with van der Waals surface area (Å²) in [5, 5.41) is 4.94. The molecule has 3 rings (SSSR count). The van der Waals surface area contributed by atoms with Crippen LogP contribution in [0, 0.1) is 6.92 Å². The van der Waals surface area contributed by atoms with Crippen LogP contribution in [0.2, 0.25) is 0 Å². The zero-order chi connectivity index (χ0) is 17.3. The summed E-state index contributed by atoms with van der Waals surface area (Å²) < 4.78 is 0. The smallest absolute Gasteiger partial charge is 0.322 e. The highest BCUT2D eigenvalue weighted by atomic mass is 16.2. The number of rotatable bonds is 4. The van der Waals surface area contributed by atoms with E-state index in [1.807, 2.05) is 6.92 Å². The third-order valence-corrected chi connectivity index (χ3v) is 5.10. The molecule has 1 aromatic rings. The van der Waals surface area contributed by atoms with E-state index in [2.05, 4.69) is 41.8 Å². The average molecular weight is 329 g/mol. The minimum atomic E-state index is -0.932. The fourth-order valence-electron chi connectivity index (χ4n) is 3.51. The van der Waals surface area contributed by atoms with E-state index in [1.165, 1.54) is 5.56 Å². The first-order valence-corrected chi connectivity index (χ1v) is 8.41. The zero-order valence-corrected chi connectivity index (χ0v) is 14.1. The predicted octanol–water partition coefficient (Wildman–Crippen LogP) is 1.69. The Labute approximate surface area is 141 Å². The lowest BCUT2D eigenvalue weighted by Gasteiger charge is -2.23. The summed E-state index contributed by atoms with van der Waals surface area (Å²) in [6, 6.07) is 7.80. The maximum absolute atomic E-state index is 12.7. The second kappa shape index (κ2) is 6.26. The SMILES string of the molecule is CCC(CC(=O)N1CCC2(C1)NC(=O)NC2=O)c1ccc(C)cc1. The number of hydrogen-bond donors (Lipinski definition) is 2. The van der Waals surface area contributed by atoms with Crippen molar-refractivity contribution in [2.45, 2.75) is 44.6 Å². The van der Waals surface area contributed by atoms with Crippen LogP contribution in [0.15, 0.2) is 24.3 Å². The van der Waals surface area contributed by atoms with Crippen LogP contribution < -0.4 is 10.6 Å². The van der Waals surface area contributed by atoms with Gasteiger partial charge in [-0.1, -0.05) is 36.8 Å².